The van der Waals surface area contributed by atoms with E-state index in [4.69, 9.17) is 0 Å². The number of rotatable bonds is 1. The molecule has 8 aromatic rings. The molecule has 0 bridgehead atoms. The highest BCUT2D eigenvalue weighted by atomic mass is 32.1. The van der Waals surface area contributed by atoms with Gasteiger partial charge in [0.1, 0.15) is 0 Å². The van der Waals surface area contributed by atoms with E-state index in [0.717, 1.165) is 0 Å². The fourth-order valence-corrected chi connectivity index (χ4v) is 6.72. The minimum Gasteiger partial charge on any atom is -0.355 e. The molecule has 8 rings (SSSR count). The lowest BCUT2D eigenvalue weighted by atomic mass is 9.97. The van der Waals surface area contributed by atoms with Crippen LogP contribution >= 0.6 is 11.3 Å². The fraction of sp³-hybridized carbons (Fsp3) is 0. The summed E-state index contributed by atoms with van der Waals surface area (Å²) in [5.41, 5.74) is 7.27. The molecule has 0 atom stereocenters. The van der Waals surface area contributed by atoms with Crippen molar-refractivity contribution in [2.75, 3.05) is 0 Å². The molecule has 0 unspecified atom stereocenters. The minimum absolute atomic E-state index is 1.18. The normalized spacial score (nSPS) is 12.2. The van der Waals surface area contributed by atoms with Crippen molar-refractivity contribution in [2.24, 2.45) is 0 Å². The predicted octanol–water partition coefficient (Wildman–Crippen LogP) is 8.99. The van der Waals surface area contributed by atoms with Crippen LogP contribution in [0.2, 0.25) is 0 Å². The molecule has 3 heteroatoms. The van der Waals surface area contributed by atoms with Crippen LogP contribution < -0.4 is 0 Å². The summed E-state index contributed by atoms with van der Waals surface area (Å²) in [4.78, 5) is 7.24. The van der Waals surface area contributed by atoms with E-state index in [9.17, 15) is 0 Å². The largest absolute Gasteiger partial charge is 0.355 e. The van der Waals surface area contributed by atoms with Gasteiger partial charge in [0.2, 0.25) is 0 Å². The molecule has 33 heavy (non-hydrogen) atoms. The first-order valence-corrected chi connectivity index (χ1v) is 12.0. The Kier molecular flexibility index (Phi) is 3.31. The Morgan fingerprint density at radius 3 is 2.18 bits per heavy atom. The molecule has 2 N–H and O–H groups in total. The third-order valence-corrected chi connectivity index (χ3v) is 8.15. The van der Waals surface area contributed by atoms with E-state index in [2.05, 4.69) is 107 Å². The van der Waals surface area contributed by atoms with Crippen LogP contribution in [0, 0.1) is 0 Å². The van der Waals surface area contributed by atoms with Gasteiger partial charge in [0.15, 0.2) is 0 Å². The number of fused-ring (bicyclic) bond motifs is 10. The van der Waals surface area contributed by atoms with Gasteiger partial charge in [0, 0.05) is 63.8 Å². The average molecular weight is 439 g/mol. The van der Waals surface area contributed by atoms with Gasteiger partial charge >= 0.3 is 0 Å². The molecule has 3 aromatic heterocycles. The molecule has 0 saturated carbocycles. The number of H-pyrrole nitrogens is 2. The van der Waals surface area contributed by atoms with Crippen LogP contribution in [0.4, 0.5) is 0 Å². The summed E-state index contributed by atoms with van der Waals surface area (Å²) < 4.78 is 2.70. The summed E-state index contributed by atoms with van der Waals surface area (Å²) in [5, 5.41) is 7.86. The summed E-state index contributed by atoms with van der Waals surface area (Å²) in [7, 11) is 0. The standard InChI is InChI=1S/C30H18N2S/c1-3-9-23-19(6-1)22-16-17(12-14-24(22)31-23)18-8-5-10-25-28(18)29-26(32-25)15-13-21-20-7-2-4-11-27(20)33-30(21)29/h1-16,31-32H. The second-order valence-electron chi connectivity index (χ2n) is 8.75. The number of hydrogen-bond donors (Lipinski definition) is 2. The smallest absolute Gasteiger partial charge is 0.0479 e. The maximum atomic E-state index is 3.69. The predicted molar refractivity (Wildman–Crippen MR) is 143 cm³/mol. The molecular weight excluding hydrogens is 420 g/mol. The number of nitrogens with one attached hydrogen (secondary N) is 2. The van der Waals surface area contributed by atoms with E-state index in [1.54, 1.807) is 0 Å². The Bertz CT molecular complexity index is 2030. The topological polar surface area (TPSA) is 31.6 Å². The second kappa shape index (κ2) is 6.25. The van der Waals surface area contributed by atoms with Gasteiger partial charge < -0.3 is 9.97 Å². The van der Waals surface area contributed by atoms with Gasteiger partial charge in [0.25, 0.3) is 0 Å². The van der Waals surface area contributed by atoms with Crippen molar-refractivity contribution in [1.29, 1.82) is 0 Å². The van der Waals surface area contributed by atoms with Crippen LogP contribution in [0.3, 0.4) is 0 Å². The van der Waals surface area contributed by atoms with Gasteiger partial charge in [-0.25, -0.2) is 0 Å². The zero-order valence-corrected chi connectivity index (χ0v) is 18.5. The molecule has 5 aromatic carbocycles. The zero-order valence-electron chi connectivity index (χ0n) is 17.6. The maximum absolute atomic E-state index is 3.69. The summed E-state index contributed by atoms with van der Waals surface area (Å²) in [6.07, 6.45) is 0. The lowest BCUT2D eigenvalue weighted by Crippen LogP contribution is -1.80. The third-order valence-electron chi connectivity index (χ3n) is 6.95. The van der Waals surface area contributed by atoms with Crippen molar-refractivity contribution in [3.05, 3.63) is 97.1 Å². The van der Waals surface area contributed by atoms with Gasteiger partial charge in [-0.1, -0.05) is 60.7 Å². The van der Waals surface area contributed by atoms with E-state index >= 15 is 0 Å². The molecular formula is C30H18N2S. The van der Waals surface area contributed by atoms with Gasteiger partial charge in [-0.3, -0.25) is 0 Å². The molecule has 2 nitrogen and oxygen atoms in total. The van der Waals surface area contributed by atoms with Crippen molar-refractivity contribution in [3.63, 3.8) is 0 Å². The van der Waals surface area contributed by atoms with Crippen LogP contribution in [-0.2, 0) is 0 Å². The molecule has 154 valence electrons. The molecule has 0 fully saturated rings. The second-order valence-corrected chi connectivity index (χ2v) is 9.80. The molecule has 0 amide bonds. The van der Waals surface area contributed by atoms with Crippen LogP contribution in [0.1, 0.15) is 0 Å². The zero-order chi connectivity index (χ0) is 21.5. The van der Waals surface area contributed by atoms with E-state index in [1.165, 1.54) is 74.9 Å². The first-order valence-electron chi connectivity index (χ1n) is 11.2. The quantitative estimate of drug-likeness (QED) is 0.256. The van der Waals surface area contributed by atoms with Crippen molar-refractivity contribution in [3.8, 4) is 11.1 Å². The van der Waals surface area contributed by atoms with Crippen LogP contribution in [0.5, 0.6) is 0 Å². The lowest BCUT2D eigenvalue weighted by molar-refractivity contribution is 1.54. The minimum atomic E-state index is 1.18. The Hall–Kier alpha value is -4.08. The van der Waals surface area contributed by atoms with Crippen LogP contribution in [0.25, 0.3) is 74.9 Å². The van der Waals surface area contributed by atoms with Gasteiger partial charge in [0.05, 0.1) is 0 Å². The van der Waals surface area contributed by atoms with E-state index in [0.29, 0.717) is 0 Å². The number of benzene rings is 5. The Balaban J connectivity index is 1.51. The fourth-order valence-electron chi connectivity index (χ4n) is 5.47. The summed E-state index contributed by atoms with van der Waals surface area (Å²) in [6.45, 7) is 0. The highest BCUT2D eigenvalue weighted by Crippen LogP contribution is 2.44. The summed E-state index contributed by atoms with van der Waals surface area (Å²) >= 11 is 1.90. The number of para-hydroxylation sites is 1. The van der Waals surface area contributed by atoms with E-state index in [1.807, 2.05) is 11.3 Å². The molecule has 0 radical (unpaired) electrons. The number of thiophene rings is 1. The molecule has 0 aliphatic rings. The SMILES string of the molecule is c1ccc2c(c1)[nH]c1ccc(-c3cccc4[nH]c5ccc6c7ccccc7sc6c5c34)cc12. The molecule has 0 saturated heterocycles. The molecule has 0 aliphatic heterocycles. The summed E-state index contributed by atoms with van der Waals surface area (Å²) in [5.74, 6) is 0. The van der Waals surface area contributed by atoms with Gasteiger partial charge in [-0.05, 0) is 47.5 Å². The molecule has 0 aliphatic carbocycles. The lowest BCUT2D eigenvalue weighted by Gasteiger charge is -2.06. The molecule has 0 spiro atoms. The Morgan fingerprint density at radius 2 is 1.21 bits per heavy atom. The van der Waals surface area contributed by atoms with Gasteiger partial charge in [-0.2, -0.15) is 0 Å². The first-order chi connectivity index (χ1) is 16.3. The van der Waals surface area contributed by atoms with Crippen molar-refractivity contribution in [1.82, 2.24) is 9.97 Å². The third kappa shape index (κ3) is 2.32. The highest BCUT2D eigenvalue weighted by molar-refractivity contribution is 7.26. The van der Waals surface area contributed by atoms with E-state index in [-0.39, 0.29) is 0 Å². The number of hydrogen-bond acceptors (Lipinski definition) is 1. The Labute approximate surface area is 193 Å². The summed E-state index contributed by atoms with van der Waals surface area (Å²) in [6, 6.07) is 35.2. The van der Waals surface area contributed by atoms with Crippen molar-refractivity contribution in [2.45, 2.75) is 0 Å². The van der Waals surface area contributed by atoms with Crippen LogP contribution in [0.15, 0.2) is 97.1 Å². The maximum Gasteiger partial charge on any atom is 0.0479 e. The molecule has 3 heterocycles. The number of aromatic nitrogens is 2. The highest BCUT2D eigenvalue weighted by Gasteiger charge is 2.16. The first kappa shape index (κ1) is 17.5. The van der Waals surface area contributed by atoms with Crippen molar-refractivity contribution < 1.29 is 0 Å². The van der Waals surface area contributed by atoms with Crippen LogP contribution in [-0.4, -0.2) is 9.97 Å². The van der Waals surface area contributed by atoms with E-state index < -0.39 is 0 Å². The monoisotopic (exact) mass is 438 g/mol. The van der Waals surface area contributed by atoms with Crippen molar-refractivity contribution >= 4 is 75.1 Å². The number of aromatic amines is 2. The average Bonchev–Trinajstić information content (AvgIpc) is 3.53. The Morgan fingerprint density at radius 1 is 0.485 bits per heavy atom. The van der Waals surface area contributed by atoms with Gasteiger partial charge in [-0.15, -0.1) is 11.3 Å².